The Balaban J connectivity index is 2.67. The summed E-state index contributed by atoms with van der Waals surface area (Å²) < 4.78 is 42.3. The minimum atomic E-state index is -4.41. The standard InChI is InChI=1S/C12H19F3N4OS/c1-4-16-11(18-8(2)6-20-3)17-5-10-19-9(7-21-10)12(13,14)15/h7-8H,4-6H2,1-3H3,(H2,16,17,18). The zero-order valence-electron chi connectivity index (χ0n) is 12.1. The summed E-state index contributed by atoms with van der Waals surface area (Å²) in [5, 5.41) is 7.43. The van der Waals surface area contributed by atoms with E-state index < -0.39 is 11.9 Å². The van der Waals surface area contributed by atoms with Gasteiger partial charge in [-0.3, -0.25) is 0 Å². The van der Waals surface area contributed by atoms with E-state index in [0.717, 1.165) is 16.7 Å². The van der Waals surface area contributed by atoms with Crippen LogP contribution in [0.4, 0.5) is 13.2 Å². The van der Waals surface area contributed by atoms with Crippen LogP contribution < -0.4 is 10.6 Å². The summed E-state index contributed by atoms with van der Waals surface area (Å²) in [6.07, 6.45) is -4.41. The fourth-order valence-corrected chi connectivity index (χ4v) is 2.23. The molecule has 0 saturated carbocycles. The predicted octanol–water partition coefficient (Wildman–Crippen LogP) is 2.25. The molecule has 120 valence electrons. The second-order valence-electron chi connectivity index (χ2n) is 4.32. The molecule has 21 heavy (non-hydrogen) atoms. The largest absolute Gasteiger partial charge is 0.434 e. The van der Waals surface area contributed by atoms with E-state index >= 15 is 0 Å². The monoisotopic (exact) mass is 324 g/mol. The van der Waals surface area contributed by atoms with Gasteiger partial charge in [0.2, 0.25) is 0 Å². The van der Waals surface area contributed by atoms with Crippen LogP contribution in [-0.2, 0) is 17.5 Å². The third-order valence-corrected chi connectivity index (χ3v) is 3.19. The van der Waals surface area contributed by atoms with Crippen LogP contribution in [0.1, 0.15) is 24.5 Å². The Bertz CT molecular complexity index is 462. The third kappa shape index (κ3) is 6.30. The number of aromatic nitrogens is 1. The number of hydrogen-bond donors (Lipinski definition) is 2. The van der Waals surface area contributed by atoms with Gasteiger partial charge in [0.25, 0.3) is 0 Å². The average Bonchev–Trinajstić information content (AvgIpc) is 2.85. The topological polar surface area (TPSA) is 58.5 Å². The normalized spacial score (nSPS) is 14.1. The highest BCUT2D eigenvalue weighted by atomic mass is 32.1. The van der Waals surface area contributed by atoms with Gasteiger partial charge in [-0.2, -0.15) is 13.2 Å². The second kappa shape index (κ2) is 8.18. The SMILES string of the molecule is CCNC(=NCc1nc(C(F)(F)F)cs1)NC(C)COC. The van der Waals surface area contributed by atoms with Gasteiger partial charge in [-0.1, -0.05) is 0 Å². The van der Waals surface area contributed by atoms with Gasteiger partial charge in [-0.05, 0) is 13.8 Å². The maximum absolute atomic E-state index is 12.4. The Morgan fingerprint density at radius 1 is 1.52 bits per heavy atom. The van der Waals surface area contributed by atoms with E-state index in [4.69, 9.17) is 4.74 Å². The lowest BCUT2D eigenvalue weighted by Crippen LogP contribution is -2.43. The van der Waals surface area contributed by atoms with Crippen molar-refractivity contribution in [1.82, 2.24) is 15.6 Å². The Morgan fingerprint density at radius 2 is 2.24 bits per heavy atom. The molecule has 2 N–H and O–H groups in total. The van der Waals surface area contributed by atoms with E-state index in [9.17, 15) is 13.2 Å². The number of thiazole rings is 1. The van der Waals surface area contributed by atoms with E-state index in [1.54, 1.807) is 7.11 Å². The van der Waals surface area contributed by atoms with Crippen molar-refractivity contribution in [2.24, 2.45) is 4.99 Å². The van der Waals surface area contributed by atoms with E-state index in [2.05, 4.69) is 20.6 Å². The van der Waals surface area contributed by atoms with Crippen LogP contribution in [0.2, 0.25) is 0 Å². The number of hydrogen-bond acceptors (Lipinski definition) is 4. The smallest absolute Gasteiger partial charge is 0.383 e. The van der Waals surface area contributed by atoms with Crippen LogP contribution in [0.5, 0.6) is 0 Å². The second-order valence-corrected chi connectivity index (χ2v) is 5.26. The highest BCUT2D eigenvalue weighted by Crippen LogP contribution is 2.30. The van der Waals surface area contributed by atoms with Crippen molar-refractivity contribution in [3.63, 3.8) is 0 Å². The molecular formula is C12H19F3N4OS. The quantitative estimate of drug-likeness (QED) is 0.622. The van der Waals surface area contributed by atoms with Gasteiger partial charge in [0, 0.05) is 25.1 Å². The summed E-state index contributed by atoms with van der Waals surface area (Å²) in [6.45, 7) is 5.07. The van der Waals surface area contributed by atoms with Gasteiger partial charge < -0.3 is 15.4 Å². The van der Waals surface area contributed by atoms with Crippen molar-refractivity contribution in [2.45, 2.75) is 32.6 Å². The van der Waals surface area contributed by atoms with Crippen molar-refractivity contribution in [3.8, 4) is 0 Å². The maximum atomic E-state index is 12.4. The maximum Gasteiger partial charge on any atom is 0.434 e. The Morgan fingerprint density at radius 3 is 2.76 bits per heavy atom. The molecule has 0 aromatic carbocycles. The Labute approximate surface area is 125 Å². The molecule has 1 aromatic rings. The van der Waals surface area contributed by atoms with Gasteiger partial charge in [-0.15, -0.1) is 11.3 Å². The number of rotatable bonds is 6. The summed E-state index contributed by atoms with van der Waals surface area (Å²) in [5.74, 6) is 0.519. The van der Waals surface area contributed by atoms with E-state index in [0.29, 0.717) is 24.1 Å². The first-order valence-corrected chi connectivity index (χ1v) is 7.30. The van der Waals surface area contributed by atoms with Gasteiger partial charge >= 0.3 is 6.18 Å². The number of guanidine groups is 1. The summed E-state index contributed by atoms with van der Waals surface area (Å²) in [5.41, 5.74) is -0.872. The van der Waals surface area contributed by atoms with Crippen LogP contribution in [-0.4, -0.2) is 37.2 Å². The van der Waals surface area contributed by atoms with E-state index in [1.165, 1.54) is 0 Å². The molecule has 0 radical (unpaired) electrons. The van der Waals surface area contributed by atoms with Crippen LogP contribution in [0, 0.1) is 0 Å². The first kappa shape index (κ1) is 17.7. The van der Waals surface area contributed by atoms with Crippen molar-refractivity contribution < 1.29 is 17.9 Å². The lowest BCUT2D eigenvalue weighted by atomic mass is 10.4. The number of halogens is 3. The highest BCUT2D eigenvalue weighted by Gasteiger charge is 2.33. The first-order chi connectivity index (χ1) is 9.86. The molecule has 0 aliphatic rings. The number of alkyl halides is 3. The zero-order chi connectivity index (χ0) is 15.9. The number of aliphatic imine (C=N–C) groups is 1. The lowest BCUT2D eigenvalue weighted by molar-refractivity contribution is -0.140. The Hall–Kier alpha value is -1.35. The van der Waals surface area contributed by atoms with Gasteiger partial charge in [0.15, 0.2) is 11.7 Å². The van der Waals surface area contributed by atoms with Crippen LogP contribution in [0.15, 0.2) is 10.4 Å². The minimum Gasteiger partial charge on any atom is -0.383 e. The molecule has 1 unspecified atom stereocenters. The summed E-state index contributed by atoms with van der Waals surface area (Å²) in [4.78, 5) is 7.76. The highest BCUT2D eigenvalue weighted by molar-refractivity contribution is 7.09. The van der Waals surface area contributed by atoms with Gasteiger partial charge in [0.1, 0.15) is 5.01 Å². The van der Waals surface area contributed by atoms with Crippen LogP contribution >= 0.6 is 11.3 Å². The molecular weight excluding hydrogens is 305 g/mol. The van der Waals surface area contributed by atoms with Crippen molar-refractivity contribution >= 4 is 17.3 Å². The molecule has 0 aliphatic heterocycles. The van der Waals surface area contributed by atoms with E-state index in [-0.39, 0.29) is 12.6 Å². The molecule has 0 amide bonds. The zero-order valence-corrected chi connectivity index (χ0v) is 12.9. The van der Waals surface area contributed by atoms with Gasteiger partial charge in [0.05, 0.1) is 13.2 Å². The predicted molar refractivity (Wildman–Crippen MR) is 76.4 cm³/mol. The number of nitrogens with zero attached hydrogens (tertiary/aromatic N) is 2. The molecule has 1 aromatic heterocycles. The molecule has 0 fully saturated rings. The summed E-state index contributed by atoms with van der Waals surface area (Å²) >= 11 is 0.947. The molecule has 0 saturated heterocycles. The van der Waals surface area contributed by atoms with Crippen molar-refractivity contribution in [1.29, 1.82) is 0 Å². The molecule has 9 heteroatoms. The van der Waals surface area contributed by atoms with Crippen LogP contribution in [0.3, 0.4) is 0 Å². The summed E-state index contributed by atoms with van der Waals surface area (Å²) in [6, 6.07) is 0.0369. The third-order valence-electron chi connectivity index (χ3n) is 2.36. The minimum absolute atomic E-state index is 0.0369. The molecule has 0 bridgehead atoms. The lowest BCUT2D eigenvalue weighted by Gasteiger charge is -2.16. The molecule has 5 nitrogen and oxygen atoms in total. The first-order valence-electron chi connectivity index (χ1n) is 6.42. The number of methoxy groups -OCH3 is 1. The fourth-order valence-electron chi connectivity index (χ4n) is 1.51. The number of nitrogens with one attached hydrogen (secondary N) is 2. The molecule has 1 rings (SSSR count). The Kier molecular flexibility index (Phi) is 6.90. The molecule has 0 spiro atoms. The molecule has 1 heterocycles. The molecule has 0 aliphatic carbocycles. The van der Waals surface area contributed by atoms with Gasteiger partial charge in [-0.25, -0.2) is 9.98 Å². The number of ether oxygens (including phenoxy) is 1. The van der Waals surface area contributed by atoms with Crippen molar-refractivity contribution in [3.05, 3.63) is 16.1 Å². The average molecular weight is 324 g/mol. The van der Waals surface area contributed by atoms with Crippen molar-refractivity contribution in [2.75, 3.05) is 20.3 Å². The van der Waals surface area contributed by atoms with E-state index in [1.807, 2.05) is 13.8 Å². The summed E-state index contributed by atoms with van der Waals surface area (Å²) in [7, 11) is 1.59. The molecule has 1 atom stereocenters. The van der Waals surface area contributed by atoms with Crippen LogP contribution in [0.25, 0.3) is 0 Å². The fraction of sp³-hybridized carbons (Fsp3) is 0.667.